The number of hydrogen-bond acceptors (Lipinski definition) is 3. The third-order valence-electron chi connectivity index (χ3n) is 3.27. The average molecular weight is 243 g/mol. The zero-order valence-corrected chi connectivity index (χ0v) is 10.9. The van der Waals surface area contributed by atoms with Crippen LogP contribution in [0, 0.1) is 17.8 Å². The number of rotatable bonds is 7. The predicted octanol–water partition coefficient (Wildman–Crippen LogP) is 1.75. The van der Waals surface area contributed by atoms with E-state index in [0.29, 0.717) is 18.4 Å². The van der Waals surface area contributed by atoms with Crippen molar-refractivity contribution in [2.75, 3.05) is 26.3 Å². The SMILES string of the molecule is CC(C)CC(CNCC1CCOCC1)C(=O)O. The van der Waals surface area contributed by atoms with E-state index in [-0.39, 0.29) is 5.92 Å². The van der Waals surface area contributed by atoms with Crippen molar-refractivity contribution in [2.45, 2.75) is 33.1 Å². The molecule has 1 unspecified atom stereocenters. The van der Waals surface area contributed by atoms with Gasteiger partial charge in [-0.25, -0.2) is 0 Å². The minimum absolute atomic E-state index is 0.255. The molecule has 4 nitrogen and oxygen atoms in total. The van der Waals surface area contributed by atoms with Crippen LogP contribution >= 0.6 is 0 Å². The van der Waals surface area contributed by atoms with Crippen molar-refractivity contribution in [1.82, 2.24) is 5.32 Å². The van der Waals surface area contributed by atoms with Crippen LogP contribution in [0.15, 0.2) is 0 Å². The second-order valence-electron chi connectivity index (χ2n) is 5.38. The second-order valence-corrected chi connectivity index (χ2v) is 5.38. The molecular formula is C13H25NO3. The summed E-state index contributed by atoms with van der Waals surface area (Å²) >= 11 is 0. The first-order valence-electron chi connectivity index (χ1n) is 6.61. The lowest BCUT2D eigenvalue weighted by molar-refractivity contribution is -0.142. The summed E-state index contributed by atoms with van der Waals surface area (Å²) in [6.45, 7) is 7.33. The summed E-state index contributed by atoms with van der Waals surface area (Å²) in [5.41, 5.74) is 0. The summed E-state index contributed by atoms with van der Waals surface area (Å²) in [5, 5.41) is 12.4. The molecule has 0 spiro atoms. The van der Waals surface area contributed by atoms with E-state index in [1.165, 1.54) is 0 Å². The van der Waals surface area contributed by atoms with Crippen molar-refractivity contribution < 1.29 is 14.6 Å². The third-order valence-corrected chi connectivity index (χ3v) is 3.27. The van der Waals surface area contributed by atoms with E-state index in [2.05, 4.69) is 19.2 Å². The average Bonchev–Trinajstić information content (AvgIpc) is 2.28. The van der Waals surface area contributed by atoms with Gasteiger partial charge in [0.1, 0.15) is 0 Å². The molecule has 0 bridgehead atoms. The minimum atomic E-state index is -0.682. The van der Waals surface area contributed by atoms with E-state index in [0.717, 1.165) is 39.0 Å². The Labute approximate surface area is 104 Å². The molecule has 1 aliphatic heterocycles. The number of ether oxygens (including phenoxy) is 1. The molecular weight excluding hydrogens is 218 g/mol. The molecule has 0 aromatic rings. The predicted molar refractivity (Wildman–Crippen MR) is 67.0 cm³/mol. The summed E-state index contributed by atoms with van der Waals surface area (Å²) < 4.78 is 5.30. The van der Waals surface area contributed by atoms with E-state index in [1.54, 1.807) is 0 Å². The summed E-state index contributed by atoms with van der Waals surface area (Å²) in [6.07, 6.45) is 2.93. The van der Waals surface area contributed by atoms with Gasteiger partial charge in [0.15, 0.2) is 0 Å². The Balaban J connectivity index is 2.19. The summed E-state index contributed by atoms with van der Waals surface area (Å²) in [6, 6.07) is 0. The van der Waals surface area contributed by atoms with Crippen LogP contribution in [0.5, 0.6) is 0 Å². The highest BCUT2D eigenvalue weighted by molar-refractivity contribution is 5.70. The van der Waals surface area contributed by atoms with Gasteiger partial charge in [-0.1, -0.05) is 13.8 Å². The van der Waals surface area contributed by atoms with Gasteiger partial charge in [0, 0.05) is 19.8 Å². The fourth-order valence-electron chi connectivity index (χ4n) is 2.25. The normalized spacial score (nSPS) is 19.5. The van der Waals surface area contributed by atoms with Crippen LogP contribution in [0.3, 0.4) is 0 Å². The smallest absolute Gasteiger partial charge is 0.307 e. The molecule has 17 heavy (non-hydrogen) atoms. The molecule has 100 valence electrons. The Hall–Kier alpha value is -0.610. The van der Waals surface area contributed by atoms with Crippen molar-refractivity contribution in [3.63, 3.8) is 0 Å². The molecule has 1 rings (SSSR count). The van der Waals surface area contributed by atoms with Gasteiger partial charge in [0.25, 0.3) is 0 Å². The van der Waals surface area contributed by atoms with E-state index >= 15 is 0 Å². The Bertz CT molecular complexity index is 225. The van der Waals surface area contributed by atoms with Crippen molar-refractivity contribution >= 4 is 5.97 Å². The first-order valence-corrected chi connectivity index (χ1v) is 6.61. The third kappa shape index (κ3) is 6.03. The Kier molecular flexibility index (Phi) is 6.52. The van der Waals surface area contributed by atoms with E-state index in [1.807, 2.05) is 0 Å². The molecule has 0 amide bonds. The van der Waals surface area contributed by atoms with Crippen LogP contribution in [0.4, 0.5) is 0 Å². The molecule has 1 heterocycles. The summed E-state index contributed by atoms with van der Waals surface area (Å²) in [4.78, 5) is 11.1. The minimum Gasteiger partial charge on any atom is -0.481 e. The highest BCUT2D eigenvalue weighted by Crippen LogP contribution is 2.14. The molecule has 1 fully saturated rings. The number of hydrogen-bond donors (Lipinski definition) is 2. The molecule has 1 aliphatic rings. The first-order chi connectivity index (χ1) is 8.09. The Morgan fingerprint density at radius 3 is 2.59 bits per heavy atom. The Morgan fingerprint density at radius 2 is 2.06 bits per heavy atom. The number of nitrogens with one attached hydrogen (secondary N) is 1. The van der Waals surface area contributed by atoms with E-state index in [9.17, 15) is 4.79 Å². The van der Waals surface area contributed by atoms with Gasteiger partial charge < -0.3 is 15.2 Å². The summed E-state index contributed by atoms with van der Waals surface area (Å²) in [7, 11) is 0. The lowest BCUT2D eigenvalue weighted by atomic mass is 9.96. The van der Waals surface area contributed by atoms with Crippen molar-refractivity contribution in [2.24, 2.45) is 17.8 Å². The highest BCUT2D eigenvalue weighted by Gasteiger charge is 2.19. The Morgan fingerprint density at radius 1 is 1.41 bits per heavy atom. The largest absolute Gasteiger partial charge is 0.481 e. The van der Waals surface area contributed by atoms with Gasteiger partial charge in [-0.15, -0.1) is 0 Å². The van der Waals surface area contributed by atoms with E-state index < -0.39 is 5.97 Å². The monoisotopic (exact) mass is 243 g/mol. The molecule has 2 N–H and O–H groups in total. The maximum Gasteiger partial charge on any atom is 0.307 e. The van der Waals surface area contributed by atoms with Crippen LogP contribution in [0.2, 0.25) is 0 Å². The lowest BCUT2D eigenvalue weighted by Gasteiger charge is -2.23. The van der Waals surface area contributed by atoms with Gasteiger partial charge >= 0.3 is 5.97 Å². The van der Waals surface area contributed by atoms with Gasteiger partial charge in [0.2, 0.25) is 0 Å². The molecule has 4 heteroatoms. The fourth-order valence-corrected chi connectivity index (χ4v) is 2.25. The fraction of sp³-hybridized carbons (Fsp3) is 0.923. The molecule has 0 aromatic carbocycles. The number of aliphatic carboxylic acids is 1. The van der Waals surface area contributed by atoms with Crippen LogP contribution in [-0.2, 0) is 9.53 Å². The molecule has 1 saturated heterocycles. The van der Waals surface area contributed by atoms with Gasteiger partial charge in [0.05, 0.1) is 5.92 Å². The molecule has 1 atom stereocenters. The molecule has 0 radical (unpaired) electrons. The number of carbonyl (C=O) groups is 1. The topological polar surface area (TPSA) is 58.6 Å². The number of carboxylic acid groups (broad SMARTS) is 1. The molecule has 0 saturated carbocycles. The zero-order chi connectivity index (χ0) is 12.7. The lowest BCUT2D eigenvalue weighted by Crippen LogP contribution is -2.34. The maximum atomic E-state index is 11.1. The van der Waals surface area contributed by atoms with E-state index in [4.69, 9.17) is 9.84 Å². The van der Waals surface area contributed by atoms with Crippen LogP contribution in [0.1, 0.15) is 33.1 Å². The first kappa shape index (κ1) is 14.5. The van der Waals surface area contributed by atoms with Crippen molar-refractivity contribution in [1.29, 1.82) is 0 Å². The second kappa shape index (κ2) is 7.67. The van der Waals surface area contributed by atoms with Gasteiger partial charge in [-0.05, 0) is 37.6 Å². The van der Waals surface area contributed by atoms with Crippen LogP contribution in [0.25, 0.3) is 0 Å². The quantitative estimate of drug-likeness (QED) is 0.715. The highest BCUT2D eigenvalue weighted by atomic mass is 16.5. The molecule has 0 aliphatic carbocycles. The summed E-state index contributed by atoms with van der Waals surface area (Å²) in [5.74, 6) is 0.145. The zero-order valence-electron chi connectivity index (χ0n) is 10.9. The van der Waals surface area contributed by atoms with Crippen LogP contribution in [-0.4, -0.2) is 37.4 Å². The van der Waals surface area contributed by atoms with Gasteiger partial charge in [-0.2, -0.15) is 0 Å². The maximum absolute atomic E-state index is 11.1. The molecule has 0 aromatic heterocycles. The van der Waals surface area contributed by atoms with Crippen molar-refractivity contribution in [3.05, 3.63) is 0 Å². The standard InChI is InChI=1S/C13H25NO3/c1-10(2)7-12(13(15)16)9-14-8-11-3-5-17-6-4-11/h10-12,14H,3-9H2,1-2H3,(H,15,16). The van der Waals surface area contributed by atoms with Gasteiger partial charge in [-0.3, -0.25) is 4.79 Å². The van der Waals surface area contributed by atoms with Crippen LogP contribution < -0.4 is 5.32 Å². The van der Waals surface area contributed by atoms with Crippen molar-refractivity contribution in [3.8, 4) is 0 Å². The number of carboxylic acids is 1.